The molecule has 29 heavy (non-hydrogen) atoms. The molecule has 1 aliphatic heterocycles. The first-order valence-electron chi connectivity index (χ1n) is 9.38. The zero-order valence-corrected chi connectivity index (χ0v) is 17.6. The van der Waals surface area contributed by atoms with Crippen LogP contribution in [0.25, 0.3) is 0 Å². The predicted octanol–water partition coefficient (Wildman–Crippen LogP) is 2.69. The van der Waals surface area contributed by atoms with Gasteiger partial charge in [0.1, 0.15) is 6.04 Å². The van der Waals surface area contributed by atoms with E-state index in [0.29, 0.717) is 24.2 Å². The Labute approximate surface area is 171 Å². The molecule has 0 aliphatic carbocycles. The van der Waals surface area contributed by atoms with Gasteiger partial charge in [-0.05, 0) is 42.7 Å². The summed E-state index contributed by atoms with van der Waals surface area (Å²) >= 11 is 0. The van der Waals surface area contributed by atoms with Crippen LogP contribution in [0.15, 0.2) is 48.5 Å². The van der Waals surface area contributed by atoms with Crippen LogP contribution in [0.5, 0.6) is 0 Å². The van der Waals surface area contributed by atoms with Gasteiger partial charge in [-0.3, -0.25) is 9.59 Å². The number of hydrogen-bond donors (Lipinski definition) is 1. The van der Waals surface area contributed by atoms with Crippen molar-refractivity contribution in [2.45, 2.75) is 25.8 Å². The van der Waals surface area contributed by atoms with Crippen LogP contribution in [0.2, 0.25) is 0 Å². The number of anilines is 2. The molecule has 3 rings (SSSR count). The molecular weight excluding hydrogens is 390 g/mol. The van der Waals surface area contributed by atoms with Gasteiger partial charge in [0.15, 0.2) is 0 Å². The molecule has 2 aromatic carbocycles. The number of nitrogens with one attached hydrogen (secondary N) is 1. The van der Waals surface area contributed by atoms with E-state index in [2.05, 4.69) is 5.32 Å². The second-order valence-corrected chi connectivity index (χ2v) is 9.27. The SMILES string of the molecule is Cc1cc(NC(=O)C(c2ccccc2)N(C)S(C)(=O)=O)ccc1N1CCCC1=O. The lowest BCUT2D eigenvalue weighted by Gasteiger charge is -2.26. The number of benzene rings is 2. The lowest BCUT2D eigenvalue weighted by Crippen LogP contribution is -2.38. The topological polar surface area (TPSA) is 86.8 Å². The second-order valence-electron chi connectivity index (χ2n) is 7.23. The van der Waals surface area contributed by atoms with Crippen molar-refractivity contribution in [1.82, 2.24) is 4.31 Å². The van der Waals surface area contributed by atoms with Crippen molar-refractivity contribution < 1.29 is 18.0 Å². The van der Waals surface area contributed by atoms with Crippen molar-refractivity contribution in [1.29, 1.82) is 0 Å². The quantitative estimate of drug-likeness (QED) is 0.786. The van der Waals surface area contributed by atoms with Crippen LogP contribution >= 0.6 is 0 Å². The fraction of sp³-hybridized carbons (Fsp3) is 0.333. The standard InChI is InChI=1S/C21H25N3O4S/c1-15-14-17(11-12-18(15)24-13-7-10-19(24)25)22-21(26)20(23(2)29(3,27)28)16-8-5-4-6-9-16/h4-6,8-9,11-12,14,20H,7,10,13H2,1-3H3,(H,22,26). The summed E-state index contributed by atoms with van der Waals surface area (Å²) in [5.74, 6) is -0.350. The molecule has 8 heteroatoms. The third-order valence-corrected chi connectivity index (χ3v) is 6.34. The van der Waals surface area contributed by atoms with E-state index >= 15 is 0 Å². The van der Waals surface area contributed by atoms with Crippen LogP contribution in [0.3, 0.4) is 0 Å². The molecule has 0 saturated carbocycles. The molecule has 2 amide bonds. The summed E-state index contributed by atoms with van der Waals surface area (Å²) in [5, 5.41) is 2.81. The van der Waals surface area contributed by atoms with Crippen LogP contribution < -0.4 is 10.2 Å². The minimum absolute atomic E-state index is 0.101. The van der Waals surface area contributed by atoms with Crippen LogP contribution in [0.4, 0.5) is 11.4 Å². The maximum atomic E-state index is 13.0. The highest BCUT2D eigenvalue weighted by Gasteiger charge is 2.31. The minimum atomic E-state index is -3.59. The van der Waals surface area contributed by atoms with Crippen molar-refractivity contribution in [3.05, 3.63) is 59.7 Å². The van der Waals surface area contributed by atoms with Gasteiger partial charge < -0.3 is 10.2 Å². The van der Waals surface area contributed by atoms with Crippen LogP contribution in [-0.4, -0.2) is 44.4 Å². The Morgan fingerprint density at radius 1 is 1.17 bits per heavy atom. The fourth-order valence-corrected chi connectivity index (χ4v) is 4.10. The van der Waals surface area contributed by atoms with Gasteiger partial charge in [-0.15, -0.1) is 0 Å². The molecule has 1 heterocycles. The van der Waals surface area contributed by atoms with Crippen molar-refractivity contribution in [3.63, 3.8) is 0 Å². The molecule has 1 N–H and O–H groups in total. The third-order valence-electron chi connectivity index (χ3n) is 5.08. The van der Waals surface area contributed by atoms with E-state index in [-0.39, 0.29) is 5.91 Å². The first-order valence-corrected chi connectivity index (χ1v) is 11.2. The minimum Gasteiger partial charge on any atom is -0.324 e. The number of sulfonamides is 1. The third kappa shape index (κ3) is 4.65. The molecule has 1 aliphatic rings. The van der Waals surface area contributed by atoms with Crippen LogP contribution in [0.1, 0.15) is 30.0 Å². The Morgan fingerprint density at radius 3 is 2.41 bits per heavy atom. The smallest absolute Gasteiger partial charge is 0.247 e. The predicted molar refractivity (Wildman–Crippen MR) is 113 cm³/mol. The Hall–Kier alpha value is -2.71. The second kappa shape index (κ2) is 8.34. The summed E-state index contributed by atoms with van der Waals surface area (Å²) < 4.78 is 25.2. The van der Waals surface area contributed by atoms with Crippen molar-refractivity contribution in [2.75, 3.05) is 30.1 Å². The van der Waals surface area contributed by atoms with E-state index in [1.54, 1.807) is 47.4 Å². The molecule has 2 aromatic rings. The molecule has 154 valence electrons. The van der Waals surface area contributed by atoms with Gasteiger partial charge in [-0.25, -0.2) is 8.42 Å². The van der Waals surface area contributed by atoms with Crippen molar-refractivity contribution in [2.24, 2.45) is 0 Å². The molecule has 7 nitrogen and oxygen atoms in total. The average Bonchev–Trinajstić information content (AvgIpc) is 3.08. The van der Waals surface area contributed by atoms with Gasteiger partial charge in [-0.2, -0.15) is 4.31 Å². The maximum Gasteiger partial charge on any atom is 0.247 e. The average molecular weight is 416 g/mol. The Kier molecular flexibility index (Phi) is 6.04. The van der Waals surface area contributed by atoms with Crippen molar-refractivity contribution in [3.8, 4) is 0 Å². The van der Waals surface area contributed by atoms with E-state index in [0.717, 1.165) is 28.2 Å². The van der Waals surface area contributed by atoms with E-state index in [1.165, 1.54) is 7.05 Å². The fourth-order valence-electron chi connectivity index (χ4n) is 3.50. The van der Waals surface area contributed by atoms with Crippen molar-refractivity contribution >= 4 is 33.2 Å². The largest absolute Gasteiger partial charge is 0.324 e. The van der Waals surface area contributed by atoms with Gasteiger partial charge in [0.05, 0.1) is 6.26 Å². The molecule has 0 aromatic heterocycles. The molecule has 1 unspecified atom stereocenters. The van der Waals surface area contributed by atoms with Gasteiger partial charge in [-0.1, -0.05) is 30.3 Å². The molecule has 1 atom stereocenters. The maximum absolute atomic E-state index is 13.0. The lowest BCUT2D eigenvalue weighted by molar-refractivity contribution is -0.119. The highest BCUT2D eigenvalue weighted by molar-refractivity contribution is 7.88. The Balaban J connectivity index is 1.86. The Morgan fingerprint density at radius 2 is 1.86 bits per heavy atom. The first-order chi connectivity index (χ1) is 13.7. The molecule has 0 spiro atoms. The van der Waals surface area contributed by atoms with E-state index < -0.39 is 22.0 Å². The number of amides is 2. The number of carbonyl (C=O) groups is 2. The highest BCUT2D eigenvalue weighted by atomic mass is 32.2. The summed E-state index contributed by atoms with van der Waals surface area (Å²) in [6.07, 6.45) is 2.46. The molecule has 0 radical (unpaired) electrons. The lowest BCUT2D eigenvalue weighted by atomic mass is 10.1. The van der Waals surface area contributed by atoms with E-state index in [9.17, 15) is 18.0 Å². The number of likely N-dealkylation sites (N-methyl/N-ethyl adjacent to an activating group) is 1. The zero-order valence-electron chi connectivity index (χ0n) is 16.8. The number of hydrogen-bond acceptors (Lipinski definition) is 4. The number of carbonyl (C=O) groups excluding carboxylic acids is 2. The number of nitrogens with zero attached hydrogens (tertiary/aromatic N) is 2. The van der Waals surface area contributed by atoms with E-state index in [1.807, 2.05) is 13.0 Å². The monoisotopic (exact) mass is 415 g/mol. The number of aryl methyl sites for hydroxylation is 1. The molecule has 1 saturated heterocycles. The molecule has 1 fully saturated rings. The van der Waals surface area contributed by atoms with Gasteiger partial charge in [0, 0.05) is 31.4 Å². The highest BCUT2D eigenvalue weighted by Crippen LogP contribution is 2.29. The summed E-state index contributed by atoms with van der Waals surface area (Å²) in [7, 11) is -2.20. The number of rotatable bonds is 6. The summed E-state index contributed by atoms with van der Waals surface area (Å²) in [6, 6.07) is 13.1. The first kappa shape index (κ1) is 21.0. The zero-order chi connectivity index (χ0) is 21.2. The van der Waals surface area contributed by atoms with Crippen LogP contribution in [0, 0.1) is 6.92 Å². The summed E-state index contributed by atoms with van der Waals surface area (Å²) in [6.45, 7) is 2.58. The van der Waals surface area contributed by atoms with E-state index in [4.69, 9.17) is 0 Å². The summed E-state index contributed by atoms with van der Waals surface area (Å²) in [5.41, 5.74) is 2.82. The summed E-state index contributed by atoms with van der Waals surface area (Å²) in [4.78, 5) is 26.8. The van der Waals surface area contributed by atoms with Gasteiger partial charge in [0.2, 0.25) is 21.8 Å². The molecule has 0 bridgehead atoms. The normalized spacial score (nSPS) is 15.6. The Bertz CT molecular complexity index is 1020. The van der Waals surface area contributed by atoms with Crippen LogP contribution in [-0.2, 0) is 19.6 Å². The van der Waals surface area contributed by atoms with Gasteiger partial charge >= 0.3 is 0 Å². The molecular formula is C21H25N3O4S. The van der Waals surface area contributed by atoms with Gasteiger partial charge in [0.25, 0.3) is 0 Å².